The minimum Gasteiger partial charge on any atom is -0.463 e. The fourth-order valence-electron chi connectivity index (χ4n) is 2.65. The van der Waals surface area contributed by atoms with Crippen molar-refractivity contribution in [1.29, 1.82) is 0 Å². The van der Waals surface area contributed by atoms with Gasteiger partial charge in [-0.2, -0.15) is 13.2 Å². The van der Waals surface area contributed by atoms with Crippen LogP contribution in [-0.2, 0) is 25.2 Å². The summed E-state index contributed by atoms with van der Waals surface area (Å²) >= 11 is 11.8. The quantitative estimate of drug-likeness (QED) is 0.165. The second-order valence-electron chi connectivity index (χ2n) is 6.83. The number of esters is 2. The molecule has 0 heterocycles. The monoisotopic (exact) mass is 539 g/mol. The van der Waals surface area contributed by atoms with Crippen LogP contribution in [0, 0.1) is 10.1 Å². The summed E-state index contributed by atoms with van der Waals surface area (Å²) in [7, 11) is 0. The second kappa shape index (κ2) is 11.0. The summed E-state index contributed by atoms with van der Waals surface area (Å²) in [6.07, 6.45) is -4.72. The first-order chi connectivity index (χ1) is 16.2. The Kier molecular flexibility index (Phi) is 8.79. The van der Waals surface area contributed by atoms with Crippen molar-refractivity contribution in [3.63, 3.8) is 0 Å². The predicted molar refractivity (Wildman–Crippen MR) is 117 cm³/mol. The molecule has 0 radical (unpaired) electrons. The zero-order chi connectivity index (χ0) is 26.6. The summed E-state index contributed by atoms with van der Waals surface area (Å²) in [5, 5.41) is 10.5. The molecule has 2 rings (SSSR count). The Morgan fingerprint density at radius 3 is 1.94 bits per heavy atom. The summed E-state index contributed by atoms with van der Waals surface area (Å²) in [4.78, 5) is 35.6. The number of hydrogen-bond acceptors (Lipinski definition) is 8. The first kappa shape index (κ1) is 28.0. The number of nitro groups is 1. The summed E-state index contributed by atoms with van der Waals surface area (Å²) < 4.78 is 59.5. The number of ether oxygens (including phenoxy) is 4. The van der Waals surface area contributed by atoms with Crippen LogP contribution in [0.2, 0.25) is 10.0 Å². The van der Waals surface area contributed by atoms with Gasteiger partial charge in [-0.25, -0.2) is 9.59 Å². The number of nitro benzene ring substituents is 1. The second-order valence-corrected chi connectivity index (χ2v) is 7.65. The van der Waals surface area contributed by atoms with Crippen LogP contribution in [0.1, 0.15) is 26.3 Å². The van der Waals surface area contributed by atoms with Crippen molar-refractivity contribution < 1.29 is 46.6 Å². The fourth-order valence-corrected chi connectivity index (χ4v) is 3.22. The smallest absolute Gasteiger partial charge is 0.416 e. The normalized spacial score (nSPS) is 11.5. The number of halogens is 5. The summed E-state index contributed by atoms with van der Waals surface area (Å²) in [5.41, 5.74) is -4.21. The van der Waals surface area contributed by atoms with Gasteiger partial charge in [0.1, 0.15) is 5.75 Å². The van der Waals surface area contributed by atoms with Crippen LogP contribution >= 0.6 is 23.2 Å². The zero-order valence-corrected chi connectivity index (χ0v) is 19.9. The average Bonchev–Trinajstić information content (AvgIpc) is 2.75. The fraction of sp³-hybridized carbons (Fsp3) is 0.333. The number of rotatable bonds is 9. The van der Waals surface area contributed by atoms with Gasteiger partial charge in [-0.05, 0) is 39.0 Å². The summed E-state index contributed by atoms with van der Waals surface area (Å²) in [6.45, 7) is 3.68. The molecule has 0 atom stereocenters. The highest BCUT2D eigenvalue weighted by molar-refractivity contribution is 6.37. The van der Waals surface area contributed by atoms with Crippen LogP contribution in [0.3, 0.4) is 0 Å². The van der Waals surface area contributed by atoms with E-state index in [1.165, 1.54) is 13.8 Å². The van der Waals surface area contributed by atoms with Crippen LogP contribution in [0.25, 0.3) is 0 Å². The highest BCUT2D eigenvalue weighted by Gasteiger charge is 2.48. The molecule has 0 aromatic heterocycles. The average molecular weight is 540 g/mol. The van der Waals surface area contributed by atoms with Gasteiger partial charge in [-0.15, -0.1) is 0 Å². The lowest BCUT2D eigenvalue weighted by Gasteiger charge is -2.26. The van der Waals surface area contributed by atoms with Crippen molar-refractivity contribution in [1.82, 2.24) is 0 Å². The number of hydrogen-bond donors (Lipinski definition) is 0. The molecule has 0 spiro atoms. The number of nitrogens with zero attached hydrogens (tertiary/aromatic N) is 1. The molecular formula is C21H18Cl2F3NO8. The van der Waals surface area contributed by atoms with E-state index in [-0.39, 0.29) is 24.7 Å². The van der Waals surface area contributed by atoms with Crippen molar-refractivity contribution in [2.24, 2.45) is 0 Å². The SMILES string of the molecule is CCOC(=O)C(C)(Oc1cc(Oc2c(Cl)cc(C(F)(F)F)cc2Cl)ccc1[N+](=O)[O-])C(=O)OCC. The molecule has 0 aliphatic heterocycles. The van der Waals surface area contributed by atoms with Crippen molar-refractivity contribution in [2.45, 2.75) is 32.5 Å². The lowest BCUT2D eigenvalue weighted by Crippen LogP contribution is -2.51. The van der Waals surface area contributed by atoms with E-state index in [4.69, 9.17) is 42.1 Å². The largest absolute Gasteiger partial charge is 0.463 e. The van der Waals surface area contributed by atoms with E-state index in [2.05, 4.69) is 0 Å². The molecule has 0 bridgehead atoms. The predicted octanol–water partition coefficient (Wildman–Crippen LogP) is 5.98. The van der Waals surface area contributed by atoms with E-state index in [1.807, 2.05) is 0 Å². The molecule has 9 nitrogen and oxygen atoms in total. The van der Waals surface area contributed by atoms with Gasteiger partial charge in [0.15, 0.2) is 5.75 Å². The molecule has 0 saturated heterocycles. The lowest BCUT2D eigenvalue weighted by molar-refractivity contribution is -0.386. The maximum atomic E-state index is 13.0. The third-order valence-electron chi connectivity index (χ3n) is 4.32. The van der Waals surface area contributed by atoms with Gasteiger partial charge in [-0.3, -0.25) is 10.1 Å². The van der Waals surface area contributed by atoms with Crippen molar-refractivity contribution >= 4 is 40.8 Å². The van der Waals surface area contributed by atoms with Gasteiger partial charge in [-0.1, -0.05) is 23.2 Å². The topological polar surface area (TPSA) is 114 Å². The summed E-state index contributed by atoms with van der Waals surface area (Å²) in [6, 6.07) is 4.11. The standard InChI is InChI=1S/C21H18Cl2F3NO8/c1-4-32-18(28)20(3,19(29)33-5-2)35-16-10-12(6-7-15(16)27(30)31)34-17-13(22)8-11(9-14(17)23)21(24,25)26/h6-10H,4-5H2,1-3H3. The van der Waals surface area contributed by atoms with Crippen molar-refractivity contribution in [2.75, 3.05) is 13.2 Å². The van der Waals surface area contributed by atoms with Gasteiger partial charge < -0.3 is 18.9 Å². The maximum Gasteiger partial charge on any atom is 0.416 e. The summed E-state index contributed by atoms with van der Waals surface area (Å²) in [5.74, 6) is -3.54. The minimum atomic E-state index is -4.72. The Morgan fingerprint density at radius 2 is 1.51 bits per heavy atom. The molecule has 0 N–H and O–H groups in total. The van der Waals surface area contributed by atoms with Crippen molar-refractivity contribution in [3.05, 3.63) is 56.1 Å². The van der Waals surface area contributed by atoms with Gasteiger partial charge >= 0.3 is 23.8 Å². The minimum absolute atomic E-state index is 0.132. The first-order valence-corrected chi connectivity index (χ1v) is 10.6. The number of carbonyl (C=O) groups is 2. The van der Waals surface area contributed by atoms with Crippen LogP contribution in [0.5, 0.6) is 17.2 Å². The van der Waals surface area contributed by atoms with Gasteiger partial charge in [0.05, 0.1) is 33.7 Å². The Hall–Kier alpha value is -3.25. The molecule has 0 fully saturated rings. The van der Waals surface area contributed by atoms with E-state index in [0.717, 1.165) is 25.1 Å². The molecule has 2 aromatic rings. The molecule has 2 aromatic carbocycles. The van der Waals surface area contributed by atoms with E-state index in [1.54, 1.807) is 0 Å². The van der Waals surface area contributed by atoms with Crippen LogP contribution < -0.4 is 9.47 Å². The molecule has 0 aliphatic rings. The van der Waals surface area contributed by atoms with Crippen molar-refractivity contribution in [3.8, 4) is 17.2 Å². The molecule has 35 heavy (non-hydrogen) atoms. The van der Waals surface area contributed by atoms with E-state index < -0.39 is 55.7 Å². The maximum absolute atomic E-state index is 13.0. The number of carbonyl (C=O) groups excluding carboxylic acids is 2. The first-order valence-electron chi connectivity index (χ1n) is 9.80. The van der Waals surface area contributed by atoms with Gasteiger partial charge in [0.2, 0.25) is 5.75 Å². The molecule has 0 saturated carbocycles. The number of alkyl halides is 3. The van der Waals surface area contributed by atoms with Crippen LogP contribution in [0.15, 0.2) is 30.3 Å². The van der Waals surface area contributed by atoms with Crippen LogP contribution in [0.4, 0.5) is 18.9 Å². The lowest BCUT2D eigenvalue weighted by atomic mass is 10.1. The Labute approximate surface area is 206 Å². The highest BCUT2D eigenvalue weighted by Crippen LogP contribution is 2.43. The third kappa shape index (κ3) is 6.45. The molecule has 0 unspecified atom stereocenters. The highest BCUT2D eigenvalue weighted by atomic mass is 35.5. The third-order valence-corrected chi connectivity index (χ3v) is 4.88. The molecule has 14 heteroatoms. The molecular weight excluding hydrogens is 522 g/mol. The Balaban J connectivity index is 2.53. The van der Waals surface area contributed by atoms with E-state index in [9.17, 15) is 32.9 Å². The Morgan fingerprint density at radius 1 is 1.00 bits per heavy atom. The van der Waals surface area contributed by atoms with E-state index >= 15 is 0 Å². The molecule has 190 valence electrons. The Bertz CT molecular complexity index is 1100. The van der Waals surface area contributed by atoms with E-state index in [0.29, 0.717) is 12.1 Å². The molecule has 0 aliphatic carbocycles. The van der Waals surface area contributed by atoms with Crippen LogP contribution in [-0.4, -0.2) is 35.7 Å². The van der Waals surface area contributed by atoms with Gasteiger partial charge in [0.25, 0.3) is 5.60 Å². The number of benzene rings is 2. The zero-order valence-electron chi connectivity index (χ0n) is 18.4. The molecule has 0 amide bonds. The van der Waals surface area contributed by atoms with Gasteiger partial charge in [0, 0.05) is 12.1 Å².